The molecular weight excluding hydrogens is 373 g/mol. The number of nitrogens with one attached hydrogen (secondary N) is 2. The van der Waals surface area contributed by atoms with E-state index >= 15 is 0 Å². The van der Waals surface area contributed by atoms with Crippen LogP contribution in [0.3, 0.4) is 0 Å². The largest absolute Gasteiger partial charge is 0.280 e. The Labute approximate surface area is 148 Å². The highest BCUT2D eigenvalue weighted by Gasteiger charge is 2.22. The molecule has 7 nitrogen and oxygen atoms in total. The molecule has 0 spiro atoms. The molecule has 0 saturated carbocycles. The maximum absolute atomic E-state index is 12.7. The molecule has 0 fully saturated rings. The summed E-state index contributed by atoms with van der Waals surface area (Å²) in [5, 5.41) is 13.7. The van der Waals surface area contributed by atoms with Gasteiger partial charge in [-0.2, -0.15) is 5.21 Å². The Bertz CT molecular complexity index is 990. The molecule has 3 rings (SSSR count). The lowest BCUT2D eigenvalue weighted by atomic mass is 10.2. The van der Waals surface area contributed by atoms with Gasteiger partial charge < -0.3 is 0 Å². The van der Waals surface area contributed by atoms with E-state index in [0.717, 1.165) is 0 Å². The maximum Gasteiger partial charge on any atom is 0.263 e. The summed E-state index contributed by atoms with van der Waals surface area (Å²) in [4.78, 5) is -0.0540. The Morgan fingerprint density at radius 1 is 1.17 bits per heavy atom. The van der Waals surface area contributed by atoms with Crippen molar-refractivity contribution >= 4 is 38.9 Å². The van der Waals surface area contributed by atoms with Crippen molar-refractivity contribution in [2.24, 2.45) is 0 Å². The zero-order chi connectivity index (χ0) is 17.3. The first-order valence-electron chi connectivity index (χ1n) is 6.70. The molecule has 0 aliphatic carbocycles. The van der Waals surface area contributed by atoms with E-state index in [1.54, 1.807) is 43.3 Å². The van der Waals surface area contributed by atoms with Crippen LogP contribution < -0.4 is 4.72 Å². The molecule has 0 unspecified atom stereocenters. The average Bonchev–Trinajstić information content (AvgIpc) is 3.05. The van der Waals surface area contributed by atoms with E-state index < -0.39 is 10.0 Å². The lowest BCUT2D eigenvalue weighted by Gasteiger charge is -2.13. The summed E-state index contributed by atoms with van der Waals surface area (Å²) >= 11 is 12.0. The van der Waals surface area contributed by atoms with E-state index in [4.69, 9.17) is 23.2 Å². The van der Waals surface area contributed by atoms with Crippen LogP contribution in [0.25, 0.3) is 11.4 Å². The molecule has 3 aromatic rings. The summed E-state index contributed by atoms with van der Waals surface area (Å²) in [5.41, 5.74) is 1.44. The summed E-state index contributed by atoms with van der Waals surface area (Å²) in [5.74, 6) is 0.355. The van der Waals surface area contributed by atoms with Crippen LogP contribution >= 0.6 is 23.2 Å². The van der Waals surface area contributed by atoms with Gasteiger partial charge in [-0.3, -0.25) is 4.72 Å². The van der Waals surface area contributed by atoms with E-state index in [2.05, 4.69) is 25.3 Å². The normalized spacial score (nSPS) is 11.5. The molecule has 0 atom stereocenters. The van der Waals surface area contributed by atoms with Crippen molar-refractivity contribution < 1.29 is 8.42 Å². The van der Waals surface area contributed by atoms with Gasteiger partial charge in [0.25, 0.3) is 10.0 Å². The highest BCUT2D eigenvalue weighted by molar-refractivity contribution is 7.93. The van der Waals surface area contributed by atoms with Crippen LogP contribution in [0.2, 0.25) is 10.0 Å². The topological polar surface area (TPSA) is 101 Å². The molecule has 2 aromatic carbocycles. The first kappa shape index (κ1) is 16.7. The molecule has 24 heavy (non-hydrogen) atoms. The van der Waals surface area contributed by atoms with Crippen molar-refractivity contribution in [3.8, 4) is 11.4 Å². The summed E-state index contributed by atoms with van der Waals surface area (Å²) in [6, 6.07) is 9.76. The van der Waals surface area contributed by atoms with Gasteiger partial charge in [-0.25, -0.2) is 8.42 Å². The second kappa shape index (κ2) is 6.39. The standard InChI is InChI=1S/C14H11Cl2N5O2S/c1-8-5-6-11(15)12(16)13(8)24(22,23)19-10-4-2-3-9(7-10)14-17-20-21-18-14/h2-7,19H,1H3,(H,17,18,20,21). The first-order chi connectivity index (χ1) is 11.4. The monoisotopic (exact) mass is 383 g/mol. The highest BCUT2D eigenvalue weighted by Crippen LogP contribution is 2.33. The predicted molar refractivity (Wildman–Crippen MR) is 91.6 cm³/mol. The van der Waals surface area contributed by atoms with Gasteiger partial charge in [0.15, 0.2) is 0 Å². The van der Waals surface area contributed by atoms with Gasteiger partial charge >= 0.3 is 0 Å². The first-order valence-corrected chi connectivity index (χ1v) is 8.94. The maximum atomic E-state index is 12.7. The van der Waals surface area contributed by atoms with Gasteiger partial charge in [-0.05, 0) is 35.9 Å². The lowest BCUT2D eigenvalue weighted by Crippen LogP contribution is -2.15. The van der Waals surface area contributed by atoms with E-state index in [0.29, 0.717) is 22.6 Å². The predicted octanol–water partition coefficient (Wildman–Crippen LogP) is 3.28. The fourth-order valence-corrected chi connectivity index (χ4v) is 4.28. The fourth-order valence-electron chi connectivity index (χ4n) is 2.17. The second-order valence-electron chi connectivity index (χ2n) is 4.93. The number of sulfonamides is 1. The Morgan fingerprint density at radius 3 is 2.67 bits per heavy atom. The van der Waals surface area contributed by atoms with Crippen LogP contribution in [0.4, 0.5) is 5.69 Å². The molecule has 0 amide bonds. The van der Waals surface area contributed by atoms with Crippen molar-refractivity contribution in [3.05, 3.63) is 52.0 Å². The van der Waals surface area contributed by atoms with E-state index in [-0.39, 0.29) is 14.9 Å². The van der Waals surface area contributed by atoms with Gasteiger partial charge in [-0.1, -0.05) is 41.4 Å². The molecule has 10 heteroatoms. The number of aromatic amines is 1. The number of halogens is 2. The molecule has 0 saturated heterocycles. The van der Waals surface area contributed by atoms with Crippen molar-refractivity contribution in [1.82, 2.24) is 20.6 Å². The van der Waals surface area contributed by atoms with Crippen molar-refractivity contribution in [1.29, 1.82) is 0 Å². The van der Waals surface area contributed by atoms with E-state index in [1.165, 1.54) is 0 Å². The third-order valence-electron chi connectivity index (χ3n) is 3.23. The van der Waals surface area contributed by atoms with Crippen LogP contribution in [-0.4, -0.2) is 29.0 Å². The minimum atomic E-state index is -3.91. The summed E-state index contributed by atoms with van der Waals surface area (Å²) in [6.07, 6.45) is 0. The van der Waals surface area contributed by atoms with Gasteiger partial charge in [0, 0.05) is 11.3 Å². The number of rotatable bonds is 4. The van der Waals surface area contributed by atoms with Crippen LogP contribution in [0.5, 0.6) is 0 Å². The molecule has 0 aliphatic heterocycles. The molecule has 0 radical (unpaired) electrons. The number of benzene rings is 2. The molecule has 124 valence electrons. The van der Waals surface area contributed by atoms with Crippen LogP contribution in [0.15, 0.2) is 41.3 Å². The SMILES string of the molecule is Cc1ccc(Cl)c(Cl)c1S(=O)(=O)Nc1cccc(-c2nn[nH]n2)c1. The third-order valence-corrected chi connectivity index (χ3v) is 5.72. The quantitative estimate of drug-likeness (QED) is 0.719. The third kappa shape index (κ3) is 3.21. The van der Waals surface area contributed by atoms with Gasteiger partial charge in [0.2, 0.25) is 5.82 Å². The van der Waals surface area contributed by atoms with Gasteiger partial charge in [0.05, 0.1) is 10.0 Å². The lowest BCUT2D eigenvalue weighted by molar-refractivity contribution is 0.600. The zero-order valence-electron chi connectivity index (χ0n) is 12.3. The van der Waals surface area contributed by atoms with Gasteiger partial charge in [-0.15, -0.1) is 10.2 Å². The minimum absolute atomic E-state index is 0.0153. The van der Waals surface area contributed by atoms with E-state index in [9.17, 15) is 8.42 Å². The molecule has 0 aliphatic rings. The van der Waals surface area contributed by atoms with Crippen LogP contribution in [0, 0.1) is 6.92 Å². The Balaban J connectivity index is 1.99. The number of hydrogen-bond donors (Lipinski definition) is 2. The Hall–Kier alpha value is -2.16. The van der Waals surface area contributed by atoms with Crippen molar-refractivity contribution in [2.75, 3.05) is 4.72 Å². The van der Waals surface area contributed by atoms with Crippen LogP contribution in [-0.2, 0) is 10.0 Å². The average molecular weight is 384 g/mol. The van der Waals surface area contributed by atoms with Crippen molar-refractivity contribution in [3.63, 3.8) is 0 Å². The number of tetrazole rings is 1. The summed E-state index contributed by atoms with van der Waals surface area (Å²) < 4.78 is 27.9. The smallest absolute Gasteiger partial charge is 0.263 e. The number of anilines is 1. The molecule has 0 bridgehead atoms. The Kier molecular flexibility index (Phi) is 4.44. The molecule has 2 N–H and O–H groups in total. The number of aryl methyl sites for hydroxylation is 1. The number of H-pyrrole nitrogens is 1. The second-order valence-corrected chi connectivity index (χ2v) is 7.33. The van der Waals surface area contributed by atoms with E-state index in [1.807, 2.05) is 0 Å². The zero-order valence-corrected chi connectivity index (χ0v) is 14.6. The number of aromatic nitrogens is 4. The molecule has 1 aromatic heterocycles. The van der Waals surface area contributed by atoms with Crippen LogP contribution in [0.1, 0.15) is 5.56 Å². The van der Waals surface area contributed by atoms with Crippen molar-refractivity contribution in [2.45, 2.75) is 11.8 Å². The highest BCUT2D eigenvalue weighted by atomic mass is 35.5. The number of hydrogen-bond acceptors (Lipinski definition) is 5. The Morgan fingerprint density at radius 2 is 1.96 bits per heavy atom. The van der Waals surface area contributed by atoms with Gasteiger partial charge in [0.1, 0.15) is 4.90 Å². The number of nitrogens with zero attached hydrogens (tertiary/aromatic N) is 3. The molecular formula is C14H11Cl2N5O2S. The minimum Gasteiger partial charge on any atom is -0.280 e. The summed E-state index contributed by atoms with van der Waals surface area (Å²) in [6.45, 7) is 1.65. The fraction of sp³-hybridized carbons (Fsp3) is 0.0714. The molecule has 1 heterocycles. The summed E-state index contributed by atoms with van der Waals surface area (Å²) in [7, 11) is -3.91.